The van der Waals surface area contributed by atoms with Gasteiger partial charge in [-0.25, -0.2) is 13.1 Å². The Morgan fingerprint density at radius 3 is 2.39 bits per heavy atom. The number of carbonyl (C=O) groups is 1. The Labute approximate surface area is 226 Å². The molecule has 6 rings (SSSR count). The normalized spacial score (nSPS) is 18.2. The molecular formula is C30H36N2O5S. The van der Waals surface area contributed by atoms with Crippen LogP contribution < -0.4 is 19.5 Å². The number of hydrogen-bond acceptors (Lipinski definition) is 5. The predicted octanol–water partition coefficient (Wildman–Crippen LogP) is 6.16. The average molecular weight is 537 g/mol. The zero-order valence-corrected chi connectivity index (χ0v) is 22.3. The van der Waals surface area contributed by atoms with Crippen LogP contribution in [0.1, 0.15) is 58.9 Å². The minimum absolute atomic E-state index is 0. The van der Waals surface area contributed by atoms with E-state index in [1.807, 2.05) is 55.5 Å². The molecule has 38 heavy (non-hydrogen) atoms. The Kier molecular flexibility index (Phi) is 6.40. The molecule has 2 saturated carbocycles. The standard InChI is InChI=1S/C30H32N2O5S.2H2/c1-20-7-11-24(31-29(33)30(15-16-30)22-10-14-27-28(17-22)37-19-36-27)18-26(20)21-8-12-25(13-9-21)38(34,35)32-23-5-3-2-4-6-23;;/h7-14,17-18,23,32H,2-6,15-16,19H2,1H3,(H,31,33);2*1H. The molecule has 2 N–H and O–H groups in total. The number of benzene rings is 3. The first-order chi connectivity index (χ1) is 18.3. The fraction of sp³-hybridized carbons (Fsp3) is 0.367. The van der Waals surface area contributed by atoms with Crippen molar-refractivity contribution in [3.8, 4) is 22.6 Å². The molecule has 2 fully saturated rings. The number of anilines is 1. The van der Waals surface area contributed by atoms with Crippen molar-refractivity contribution < 1.29 is 25.5 Å². The van der Waals surface area contributed by atoms with Gasteiger partial charge < -0.3 is 14.8 Å². The molecule has 8 heteroatoms. The second-order valence-corrected chi connectivity index (χ2v) is 12.3. The van der Waals surface area contributed by atoms with Gasteiger partial charge in [-0.3, -0.25) is 4.79 Å². The maximum atomic E-state index is 13.4. The summed E-state index contributed by atoms with van der Waals surface area (Å²) in [7, 11) is -3.56. The third-order valence-corrected chi connectivity index (χ3v) is 9.54. The molecule has 0 saturated heterocycles. The maximum Gasteiger partial charge on any atom is 0.240 e. The van der Waals surface area contributed by atoms with Gasteiger partial charge in [-0.15, -0.1) is 0 Å². The molecule has 1 heterocycles. The number of ether oxygens (including phenoxy) is 2. The molecule has 7 nitrogen and oxygen atoms in total. The molecule has 3 aliphatic rings. The highest BCUT2D eigenvalue weighted by atomic mass is 32.2. The minimum Gasteiger partial charge on any atom is -0.454 e. The Hall–Kier alpha value is -3.36. The second-order valence-electron chi connectivity index (χ2n) is 10.6. The largest absolute Gasteiger partial charge is 0.454 e. The maximum absolute atomic E-state index is 13.4. The van der Waals surface area contributed by atoms with Gasteiger partial charge in [0, 0.05) is 14.6 Å². The van der Waals surface area contributed by atoms with Gasteiger partial charge in [-0.2, -0.15) is 0 Å². The second kappa shape index (κ2) is 9.75. The van der Waals surface area contributed by atoms with Crippen LogP contribution in [0, 0.1) is 6.92 Å². The molecule has 3 aromatic carbocycles. The van der Waals surface area contributed by atoms with E-state index < -0.39 is 15.4 Å². The first-order valence-corrected chi connectivity index (χ1v) is 14.8. The van der Waals surface area contributed by atoms with Gasteiger partial charge >= 0.3 is 0 Å². The number of fused-ring (bicyclic) bond motifs is 1. The number of amides is 1. The van der Waals surface area contributed by atoms with Crippen molar-refractivity contribution >= 4 is 21.6 Å². The van der Waals surface area contributed by atoms with Crippen molar-refractivity contribution in [1.29, 1.82) is 0 Å². The Morgan fingerprint density at radius 1 is 0.921 bits per heavy atom. The van der Waals surface area contributed by atoms with Crippen LogP contribution in [0.3, 0.4) is 0 Å². The van der Waals surface area contributed by atoms with Gasteiger partial charge in [-0.05, 0) is 91.3 Å². The molecular weight excluding hydrogens is 500 g/mol. The van der Waals surface area contributed by atoms with E-state index in [0.717, 1.165) is 60.8 Å². The molecule has 0 radical (unpaired) electrons. The highest BCUT2D eigenvalue weighted by molar-refractivity contribution is 7.89. The molecule has 202 valence electrons. The monoisotopic (exact) mass is 536 g/mol. The lowest BCUT2D eigenvalue weighted by Crippen LogP contribution is -2.36. The van der Waals surface area contributed by atoms with E-state index in [4.69, 9.17) is 9.47 Å². The summed E-state index contributed by atoms with van der Waals surface area (Å²) >= 11 is 0. The van der Waals surface area contributed by atoms with Gasteiger partial charge in [0.2, 0.25) is 22.7 Å². The van der Waals surface area contributed by atoms with Crippen LogP contribution in [-0.4, -0.2) is 27.2 Å². The van der Waals surface area contributed by atoms with E-state index >= 15 is 0 Å². The van der Waals surface area contributed by atoms with E-state index in [-0.39, 0.29) is 26.5 Å². The molecule has 0 aromatic heterocycles. The third kappa shape index (κ3) is 4.78. The number of carbonyl (C=O) groups excluding carboxylic acids is 1. The van der Waals surface area contributed by atoms with Crippen molar-refractivity contribution in [3.63, 3.8) is 0 Å². The van der Waals surface area contributed by atoms with Gasteiger partial charge in [-0.1, -0.05) is 43.5 Å². The fourth-order valence-electron chi connectivity index (χ4n) is 5.55. The Bertz CT molecular complexity index is 1480. The summed E-state index contributed by atoms with van der Waals surface area (Å²) in [5.41, 5.74) is 3.96. The summed E-state index contributed by atoms with van der Waals surface area (Å²) in [6.45, 7) is 2.21. The van der Waals surface area contributed by atoms with Gasteiger partial charge in [0.15, 0.2) is 11.5 Å². The first-order valence-electron chi connectivity index (χ1n) is 13.3. The lowest BCUT2D eigenvalue weighted by atomic mass is 9.94. The summed E-state index contributed by atoms with van der Waals surface area (Å²) in [6.07, 6.45) is 6.65. The molecule has 3 aromatic rings. The number of sulfonamides is 1. The van der Waals surface area contributed by atoms with Crippen molar-refractivity contribution in [2.24, 2.45) is 0 Å². The summed E-state index contributed by atoms with van der Waals surface area (Å²) < 4.78 is 39.6. The van der Waals surface area contributed by atoms with Crippen molar-refractivity contribution in [2.75, 3.05) is 12.1 Å². The van der Waals surface area contributed by atoms with Crippen molar-refractivity contribution in [2.45, 2.75) is 68.2 Å². The average Bonchev–Trinajstić information content (AvgIpc) is 3.61. The van der Waals surface area contributed by atoms with Crippen LogP contribution in [0.15, 0.2) is 65.6 Å². The summed E-state index contributed by atoms with van der Waals surface area (Å²) in [5.74, 6) is 1.34. The lowest BCUT2D eigenvalue weighted by Gasteiger charge is -2.22. The summed E-state index contributed by atoms with van der Waals surface area (Å²) in [6, 6.07) is 18.5. The van der Waals surface area contributed by atoms with Crippen LogP contribution >= 0.6 is 0 Å². The zero-order chi connectivity index (χ0) is 26.3. The number of rotatable bonds is 7. The smallest absolute Gasteiger partial charge is 0.240 e. The van der Waals surface area contributed by atoms with E-state index in [1.165, 1.54) is 6.42 Å². The zero-order valence-electron chi connectivity index (χ0n) is 21.5. The highest BCUT2D eigenvalue weighted by Crippen LogP contribution is 2.51. The van der Waals surface area contributed by atoms with Crippen LogP contribution in [0.25, 0.3) is 11.1 Å². The van der Waals surface area contributed by atoms with Crippen LogP contribution in [0.2, 0.25) is 0 Å². The van der Waals surface area contributed by atoms with E-state index in [1.54, 1.807) is 12.1 Å². The van der Waals surface area contributed by atoms with Crippen LogP contribution in [0.4, 0.5) is 5.69 Å². The van der Waals surface area contributed by atoms with Crippen LogP contribution in [0.5, 0.6) is 11.5 Å². The fourth-order valence-corrected chi connectivity index (χ4v) is 6.85. The Balaban J connectivity index is 0.00000185. The molecule has 0 atom stereocenters. The van der Waals surface area contributed by atoms with Gasteiger partial charge in [0.25, 0.3) is 0 Å². The molecule has 0 unspecified atom stereocenters. The predicted molar refractivity (Wildman–Crippen MR) is 150 cm³/mol. The first kappa shape index (κ1) is 24.9. The van der Waals surface area contributed by atoms with Gasteiger partial charge in [0.05, 0.1) is 10.3 Å². The Morgan fingerprint density at radius 2 is 1.66 bits per heavy atom. The van der Waals surface area contributed by atoms with E-state index in [0.29, 0.717) is 17.2 Å². The number of aryl methyl sites for hydroxylation is 1. The summed E-state index contributed by atoms with van der Waals surface area (Å²) in [5, 5.41) is 3.11. The van der Waals surface area contributed by atoms with E-state index in [9.17, 15) is 13.2 Å². The quantitative estimate of drug-likeness (QED) is 0.377. The van der Waals surface area contributed by atoms with Crippen molar-refractivity contribution in [1.82, 2.24) is 4.72 Å². The molecule has 2 aliphatic carbocycles. The van der Waals surface area contributed by atoms with Crippen molar-refractivity contribution in [3.05, 3.63) is 71.8 Å². The third-order valence-electron chi connectivity index (χ3n) is 8.01. The van der Waals surface area contributed by atoms with Crippen LogP contribution in [-0.2, 0) is 20.2 Å². The minimum atomic E-state index is -3.56. The molecule has 1 amide bonds. The molecule has 0 bridgehead atoms. The van der Waals surface area contributed by atoms with E-state index in [2.05, 4.69) is 10.0 Å². The summed E-state index contributed by atoms with van der Waals surface area (Å²) in [4.78, 5) is 13.7. The lowest BCUT2D eigenvalue weighted by molar-refractivity contribution is -0.118. The molecule has 0 spiro atoms. The number of nitrogens with one attached hydrogen (secondary N) is 2. The number of hydrogen-bond donors (Lipinski definition) is 2. The highest BCUT2D eigenvalue weighted by Gasteiger charge is 2.51. The topological polar surface area (TPSA) is 93.7 Å². The molecule has 1 aliphatic heterocycles. The van der Waals surface area contributed by atoms with Gasteiger partial charge in [0.1, 0.15) is 0 Å². The SMILES string of the molecule is Cc1ccc(NC(=O)C2(c3ccc4c(c3)OCO4)CC2)cc1-c1ccc(S(=O)(=O)NC2CCCCC2)cc1.[HH].[HH].